The molecule has 1 aliphatic carbocycles. The van der Waals surface area contributed by atoms with Gasteiger partial charge in [0.1, 0.15) is 5.60 Å². The Morgan fingerprint density at radius 2 is 2.08 bits per heavy atom. The molecule has 1 N–H and O–H groups in total. The summed E-state index contributed by atoms with van der Waals surface area (Å²) in [6, 6.07) is 6.08. The molecule has 6 heteroatoms. The highest BCUT2D eigenvalue weighted by Crippen LogP contribution is 2.27. The predicted molar refractivity (Wildman–Crippen MR) is 88.6 cm³/mol. The van der Waals surface area contributed by atoms with Gasteiger partial charge >= 0.3 is 0 Å². The Morgan fingerprint density at radius 3 is 2.88 bits per heavy atom. The van der Waals surface area contributed by atoms with Crippen LogP contribution < -0.4 is 0 Å². The van der Waals surface area contributed by atoms with Gasteiger partial charge in [-0.1, -0.05) is 11.3 Å². The molecule has 0 radical (unpaired) electrons. The average Bonchev–Trinajstić information content (AvgIpc) is 3.24. The van der Waals surface area contributed by atoms with Crippen LogP contribution in [0.4, 0.5) is 0 Å². The number of amides is 1. The fourth-order valence-electron chi connectivity index (χ4n) is 3.83. The Balaban J connectivity index is 1.47. The van der Waals surface area contributed by atoms with E-state index in [1.54, 1.807) is 22.0 Å². The molecule has 2 heterocycles. The molecular weight excluding hydrogens is 304 g/mol. The van der Waals surface area contributed by atoms with Crippen molar-refractivity contribution >= 4 is 5.91 Å². The first kappa shape index (κ1) is 15.3. The van der Waals surface area contributed by atoms with Crippen LogP contribution in [0, 0.1) is 0 Å². The van der Waals surface area contributed by atoms with Crippen LogP contribution in [0.15, 0.2) is 30.6 Å². The lowest BCUT2D eigenvalue weighted by Gasteiger charge is -2.23. The Hall–Kier alpha value is -2.21. The van der Waals surface area contributed by atoms with Gasteiger partial charge in [-0.25, -0.2) is 4.68 Å². The van der Waals surface area contributed by atoms with E-state index in [4.69, 9.17) is 0 Å². The van der Waals surface area contributed by atoms with Gasteiger partial charge in [0.15, 0.2) is 0 Å². The van der Waals surface area contributed by atoms with Crippen LogP contribution in [-0.2, 0) is 19.4 Å². The van der Waals surface area contributed by atoms with Gasteiger partial charge in [-0.05, 0) is 55.4 Å². The van der Waals surface area contributed by atoms with Gasteiger partial charge in [-0.3, -0.25) is 4.79 Å². The van der Waals surface area contributed by atoms with Gasteiger partial charge < -0.3 is 10.0 Å². The smallest absolute Gasteiger partial charge is 0.253 e. The van der Waals surface area contributed by atoms with Gasteiger partial charge in [-0.2, -0.15) is 0 Å². The Labute approximate surface area is 141 Å². The molecule has 1 aliphatic heterocycles. The van der Waals surface area contributed by atoms with E-state index in [1.165, 1.54) is 24.0 Å². The van der Waals surface area contributed by atoms with E-state index in [0.29, 0.717) is 26.1 Å². The third-order valence-electron chi connectivity index (χ3n) is 5.14. The Morgan fingerprint density at radius 1 is 1.25 bits per heavy atom. The molecule has 0 spiro atoms. The highest BCUT2D eigenvalue weighted by Gasteiger charge is 2.39. The molecule has 1 aromatic heterocycles. The lowest BCUT2D eigenvalue weighted by atomic mass is 9.90. The van der Waals surface area contributed by atoms with Crippen LogP contribution in [0.3, 0.4) is 0 Å². The van der Waals surface area contributed by atoms with Crippen molar-refractivity contribution in [3.8, 4) is 0 Å². The van der Waals surface area contributed by atoms with Gasteiger partial charge in [0.25, 0.3) is 5.91 Å². The number of β-amino-alcohol motifs (C(OH)–C–C–N with tert-alkyl or cyclic N) is 1. The standard InChI is InChI=1S/C18H22N4O2/c23-17(16-6-5-14-3-1-2-4-15(14)11-16)21-9-7-18(24,12-21)13-22-10-8-19-20-22/h5-6,8,10-11,24H,1-4,7,9,12-13H2. The van der Waals surface area contributed by atoms with E-state index in [2.05, 4.69) is 16.4 Å². The fourth-order valence-corrected chi connectivity index (χ4v) is 3.83. The quantitative estimate of drug-likeness (QED) is 0.926. The summed E-state index contributed by atoms with van der Waals surface area (Å²) in [5, 5.41) is 18.4. The van der Waals surface area contributed by atoms with Crippen molar-refractivity contribution < 1.29 is 9.90 Å². The topological polar surface area (TPSA) is 71.2 Å². The van der Waals surface area contributed by atoms with Crippen molar-refractivity contribution in [3.63, 3.8) is 0 Å². The van der Waals surface area contributed by atoms with E-state index in [1.807, 2.05) is 12.1 Å². The zero-order chi connectivity index (χ0) is 16.6. The zero-order valence-corrected chi connectivity index (χ0v) is 13.7. The summed E-state index contributed by atoms with van der Waals surface area (Å²) in [4.78, 5) is 14.6. The van der Waals surface area contributed by atoms with Crippen LogP contribution in [0.5, 0.6) is 0 Å². The normalized spacial score (nSPS) is 23.3. The van der Waals surface area contributed by atoms with Gasteiger partial charge in [0.05, 0.1) is 19.3 Å². The van der Waals surface area contributed by atoms with Crippen LogP contribution in [-0.4, -0.2) is 49.6 Å². The lowest BCUT2D eigenvalue weighted by molar-refractivity contribution is 0.0267. The van der Waals surface area contributed by atoms with Crippen molar-refractivity contribution in [1.82, 2.24) is 19.9 Å². The molecular formula is C18H22N4O2. The average molecular weight is 326 g/mol. The Kier molecular flexibility index (Phi) is 3.84. The minimum Gasteiger partial charge on any atom is -0.386 e. The summed E-state index contributed by atoms with van der Waals surface area (Å²) in [5.74, 6) is 0.0119. The van der Waals surface area contributed by atoms with Crippen LogP contribution in [0.25, 0.3) is 0 Å². The number of nitrogens with zero attached hydrogens (tertiary/aromatic N) is 4. The maximum atomic E-state index is 12.8. The predicted octanol–water partition coefficient (Wildman–Crippen LogP) is 1.43. The number of benzene rings is 1. The van der Waals surface area contributed by atoms with Crippen molar-refractivity contribution in [2.24, 2.45) is 0 Å². The molecule has 1 fully saturated rings. The fraction of sp³-hybridized carbons (Fsp3) is 0.500. The second kappa shape index (κ2) is 6.02. The van der Waals surface area contributed by atoms with E-state index in [9.17, 15) is 9.90 Å². The van der Waals surface area contributed by atoms with Crippen LogP contribution in [0.2, 0.25) is 0 Å². The summed E-state index contributed by atoms with van der Waals surface area (Å²) < 4.78 is 1.62. The molecule has 6 nitrogen and oxygen atoms in total. The first-order chi connectivity index (χ1) is 11.6. The zero-order valence-electron chi connectivity index (χ0n) is 13.7. The minimum atomic E-state index is -0.933. The first-order valence-electron chi connectivity index (χ1n) is 8.61. The number of aromatic nitrogens is 3. The Bertz CT molecular complexity index is 743. The number of aliphatic hydroxyl groups is 1. The maximum absolute atomic E-state index is 12.8. The molecule has 1 aromatic carbocycles. The van der Waals surface area contributed by atoms with Gasteiger partial charge in [-0.15, -0.1) is 5.10 Å². The van der Waals surface area contributed by atoms with Gasteiger partial charge in [0.2, 0.25) is 0 Å². The van der Waals surface area contributed by atoms with Crippen molar-refractivity contribution in [2.75, 3.05) is 13.1 Å². The summed E-state index contributed by atoms with van der Waals surface area (Å²) >= 11 is 0. The van der Waals surface area contributed by atoms with E-state index in [0.717, 1.165) is 18.4 Å². The monoisotopic (exact) mass is 326 g/mol. The molecule has 4 rings (SSSR count). The number of carbonyl (C=O) groups is 1. The number of fused-ring (bicyclic) bond motifs is 1. The first-order valence-corrected chi connectivity index (χ1v) is 8.61. The highest BCUT2D eigenvalue weighted by molar-refractivity contribution is 5.94. The molecule has 0 bridgehead atoms. The highest BCUT2D eigenvalue weighted by atomic mass is 16.3. The molecule has 1 unspecified atom stereocenters. The minimum absolute atomic E-state index is 0.0119. The molecule has 1 amide bonds. The van der Waals surface area contributed by atoms with Crippen molar-refractivity contribution in [1.29, 1.82) is 0 Å². The van der Waals surface area contributed by atoms with Crippen LogP contribution >= 0.6 is 0 Å². The number of hydrogen-bond donors (Lipinski definition) is 1. The van der Waals surface area contributed by atoms with E-state index < -0.39 is 5.60 Å². The summed E-state index contributed by atoms with van der Waals surface area (Å²) in [5.41, 5.74) is 2.49. The number of likely N-dealkylation sites (tertiary alicyclic amines) is 1. The molecule has 2 aromatic rings. The third kappa shape index (κ3) is 2.94. The second-order valence-corrected chi connectivity index (χ2v) is 6.99. The molecule has 126 valence electrons. The summed E-state index contributed by atoms with van der Waals surface area (Å²) in [6.45, 7) is 1.27. The summed E-state index contributed by atoms with van der Waals surface area (Å²) in [7, 11) is 0. The molecule has 0 saturated carbocycles. The molecule has 1 atom stereocenters. The molecule has 2 aliphatic rings. The largest absolute Gasteiger partial charge is 0.386 e. The molecule has 1 saturated heterocycles. The van der Waals surface area contributed by atoms with Crippen molar-refractivity contribution in [2.45, 2.75) is 44.2 Å². The number of carbonyl (C=O) groups excluding carboxylic acids is 1. The number of hydrogen-bond acceptors (Lipinski definition) is 4. The van der Waals surface area contributed by atoms with Gasteiger partial charge in [0, 0.05) is 18.3 Å². The van der Waals surface area contributed by atoms with E-state index >= 15 is 0 Å². The van der Waals surface area contributed by atoms with Crippen molar-refractivity contribution in [3.05, 3.63) is 47.3 Å². The second-order valence-electron chi connectivity index (χ2n) is 6.99. The number of rotatable bonds is 3. The van der Waals surface area contributed by atoms with E-state index in [-0.39, 0.29) is 5.91 Å². The lowest BCUT2D eigenvalue weighted by Crippen LogP contribution is -2.39. The maximum Gasteiger partial charge on any atom is 0.253 e. The number of aryl methyl sites for hydroxylation is 2. The SMILES string of the molecule is O=C(c1ccc2c(c1)CCCC2)N1CCC(O)(Cn2ccnn2)C1. The van der Waals surface area contributed by atoms with Crippen LogP contribution in [0.1, 0.15) is 40.7 Å². The third-order valence-corrected chi connectivity index (χ3v) is 5.14. The molecule has 24 heavy (non-hydrogen) atoms. The summed E-state index contributed by atoms with van der Waals surface area (Å²) in [6.07, 6.45) is 8.50.